The van der Waals surface area contributed by atoms with E-state index in [4.69, 9.17) is 31.6 Å². The first kappa shape index (κ1) is 24.6. The maximum Gasteiger partial charge on any atom is 0.355 e. The second-order valence-electron chi connectivity index (χ2n) is 8.24. The van der Waals surface area contributed by atoms with Crippen LogP contribution in [-0.2, 0) is 9.53 Å². The SMILES string of the molecule is CC(C)(C)OC(=O)/C(=C/c1ccco1)NC1=C(/C(C=N)=C/C(=N)Cl)NC(c2ccccc2)=CN1. The molecule has 1 aromatic heterocycles. The van der Waals surface area contributed by atoms with Gasteiger partial charge in [0, 0.05) is 24.1 Å². The average molecular weight is 480 g/mol. The summed E-state index contributed by atoms with van der Waals surface area (Å²) in [5.74, 6) is 0.210. The summed E-state index contributed by atoms with van der Waals surface area (Å²) in [6.07, 6.45) is 7.15. The number of ether oxygens (including phenoxy) is 1. The third-order valence-electron chi connectivity index (χ3n) is 4.39. The predicted molar refractivity (Wildman–Crippen MR) is 134 cm³/mol. The molecule has 0 saturated carbocycles. The molecular weight excluding hydrogens is 454 g/mol. The summed E-state index contributed by atoms with van der Waals surface area (Å²) >= 11 is 5.80. The van der Waals surface area contributed by atoms with Crippen molar-refractivity contribution in [2.75, 3.05) is 0 Å². The molecule has 0 radical (unpaired) electrons. The molecule has 0 aliphatic carbocycles. The molecule has 0 amide bonds. The number of hydrogen-bond acceptors (Lipinski definition) is 8. The van der Waals surface area contributed by atoms with Crippen molar-refractivity contribution in [3.05, 3.63) is 95.1 Å². The average Bonchev–Trinajstić information content (AvgIpc) is 3.30. The Hall–Kier alpha value is -4.04. The van der Waals surface area contributed by atoms with Crippen LogP contribution in [0.15, 0.2) is 88.2 Å². The zero-order valence-electron chi connectivity index (χ0n) is 19.0. The Bertz CT molecular complexity index is 1190. The maximum absolute atomic E-state index is 13.0. The zero-order valence-corrected chi connectivity index (χ0v) is 19.8. The second-order valence-corrected chi connectivity index (χ2v) is 8.64. The fourth-order valence-corrected chi connectivity index (χ4v) is 3.11. The van der Waals surface area contributed by atoms with E-state index in [1.807, 2.05) is 30.3 Å². The molecule has 0 atom stereocenters. The number of furan rings is 1. The second kappa shape index (κ2) is 10.7. The normalized spacial score (nSPS) is 14.5. The molecule has 0 spiro atoms. The minimum atomic E-state index is -0.718. The minimum absolute atomic E-state index is 0.105. The highest BCUT2D eigenvalue weighted by Crippen LogP contribution is 2.22. The van der Waals surface area contributed by atoms with Gasteiger partial charge >= 0.3 is 5.97 Å². The lowest BCUT2D eigenvalue weighted by Gasteiger charge is -2.27. The highest BCUT2D eigenvalue weighted by Gasteiger charge is 2.24. The van der Waals surface area contributed by atoms with Crippen LogP contribution in [0, 0.1) is 10.8 Å². The number of halogens is 1. The summed E-state index contributed by atoms with van der Waals surface area (Å²) in [6.45, 7) is 5.33. The van der Waals surface area contributed by atoms with E-state index in [1.165, 1.54) is 18.4 Å². The van der Waals surface area contributed by atoms with Crippen molar-refractivity contribution < 1.29 is 13.9 Å². The van der Waals surface area contributed by atoms with Gasteiger partial charge in [0.15, 0.2) is 0 Å². The van der Waals surface area contributed by atoms with Crippen molar-refractivity contribution in [1.82, 2.24) is 16.0 Å². The summed E-state index contributed by atoms with van der Waals surface area (Å²) in [5, 5.41) is 24.7. The molecule has 0 unspecified atom stereocenters. The summed E-state index contributed by atoms with van der Waals surface area (Å²) in [7, 11) is 0. The van der Waals surface area contributed by atoms with Gasteiger partial charge in [-0.05, 0) is 44.5 Å². The quantitative estimate of drug-likeness (QED) is 0.212. The molecule has 1 aromatic carbocycles. The van der Waals surface area contributed by atoms with Crippen molar-refractivity contribution in [2.24, 2.45) is 0 Å². The molecule has 0 bridgehead atoms. The summed E-state index contributed by atoms with van der Waals surface area (Å²) in [5.41, 5.74) is 1.74. The first-order valence-corrected chi connectivity index (χ1v) is 10.8. The number of allylic oxidation sites excluding steroid dienone is 2. The lowest BCUT2D eigenvalue weighted by molar-refractivity contribution is -0.150. The highest BCUT2D eigenvalue weighted by molar-refractivity contribution is 6.67. The molecule has 8 nitrogen and oxygen atoms in total. The summed E-state index contributed by atoms with van der Waals surface area (Å²) in [4.78, 5) is 13.0. The van der Waals surface area contributed by atoms with Gasteiger partial charge in [-0.3, -0.25) is 5.41 Å². The predicted octanol–water partition coefficient (Wildman–Crippen LogP) is 4.70. The van der Waals surface area contributed by atoms with Crippen LogP contribution < -0.4 is 16.0 Å². The van der Waals surface area contributed by atoms with Crippen LogP contribution in [0.2, 0.25) is 0 Å². The lowest BCUT2D eigenvalue weighted by atomic mass is 10.1. The standard InChI is InChI=1S/C25H26ClN5O3/c1-25(2,3)34-24(32)19(13-18-10-7-11-33-18)31-23-22(17(14-27)12-21(26)28)30-20(15-29-23)16-8-5-4-6-9-16/h4-15,27-31H,1-3H3/b17-12+,19-13-,27-14?,28-21?. The topological polar surface area (TPSA) is 123 Å². The fourth-order valence-electron chi connectivity index (χ4n) is 2.99. The van der Waals surface area contributed by atoms with Crippen LogP contribution in [0.1, 0.15) is 32.1 Å². The highest BCUT2D eigenvalue weighted by atomic mass is 35.5. The largest absolute Gasteiger partial charge is 0.465 e. The number of hydrogen-bond donors (Lipinski definition) is 5. The lowest BCUT2D eigenvalue weighted by Crippen LogP contribution is -2.37. The van der Waals surface area contributed by atoms with E-state index in [2.05, 4.69) is 16.0 Å². The number of nitrogens with one attached hydrogen (secondary N) is 5. The van der Waals surface area contributed by atoms with E-state index in [9.17, 15) is 4.79 Å². The molecule has 176 valence electrons. The van der Waals surface area contributed by atoms with Crippen LogP contribution in [0.25, 0.3) is 11.8 Å². The third kappa shape index (κ3) is 6.73. The Morgan fingerprint density at radius 1 is 1.18 bits per heavy atom. The molecule has 5 N–H and O–H groups in total. The van der Waals surface area contributed by atoms with Crippen LogP contribution in [0.5, 0.6) is 0 Å². The van der Waals surface area contributed by atoms with Crippen LogP contribution in [0.4, 0.5) is 0 Å². The van der Waals surface area contributed by atoms with Crippen molar-refractivity contribution in [3.63, 3.8) is 0 Å². The van der Waals surface area contributed by atoms with Crippen LogP contribution >= 0.6 is 11.6 Å². The van der Waals surface area contributed by atoms with Gasteiger partial charge in [-0.25, -0.2) is 4.79 Å². The van der Waals surface area contributed by atoms with Gasteiger partial charge in [0.05, 0.1) is 17.7 Å². The van der Waals surface area contributed by atoms with Gasteiger partial charge in [0.25, 0.3) is 0 Å². The van der Waals surface area contributed by atoms with Crippen molar-refractivity contribution >= 4 is 40.7 Å². The molecule has 1 aliphatic rings. The molecule has 2 aromatic rings. The number of carbonyl (C=O) groups excluding carboxylic acids is 1. The fraction of sp³-hybridized carbons (Fsp3) is 0.160. The smallest absolute Gasteiger partial charge is 0.355 e. The van der Waals surface area contributed by atoms with E-state index in [0.29, 0.717) is 22.9 Å². The third-order valence-corrected chi connectivity index (χ3v) is 4.50. The van der Waals surface area contributed by atoms with Gasteiger partial charge in [-0.2, -0.15) is 0 Å². The number of rotatable bonds is 8. The van der Waals surface area contributed by atoms with Crippen LogP contribution in [0.3, 0.4) is 0 Å². The van der Waals surface area contributed by atoms with Gasteiger partial charge in [0.1, 0.15) is 28.1 Å². The first-order chi connectivity index (χ1) is 16.2. The van der Waals surface area contributed by atoms with Gasteiger partial charge in [-0.15, -0.1) is 0 Å². The molecule has 9 heteroatoms. The zero-order chi connectivity index (χ0) is 24.7. The van der Waals surface area contributed by atoms with E-state index >= 15 is 0 Å². The molecule has 0 fully saturated rings. The first-order valence-electron chi connectivity index (χ1n) is 10.4. The van der Waals surface area contributed by atoms with E-state index in [0.717, 1.165) is 17.5 Å². The Morgan fingerprint density at radius 3 is 2.50 bits per heavy atom. The molecule has 34 heavy (non-hydrogen) atoms. The van der Waals surface area contributed by atoms with Gasteiger partial charge in [0.2, 0.25) is 0 Å². The number of esters is 1. The maximum atomic E-state index is 13.0. The van der Waals surface area contributed by atoms with Crippen molar-refractivity contribution in [2.45, 2.75) is 26.4 Å². The Balaban J connectivity index is 2.04. The summed E-state index contributed by atoms with van der Waals surface area (Å²) < 4.78 is 10.9. The molecule has 3 rings (SSSR count). The van der Waals surface area contributed by atoms with E-state index in [-0.39, 0.29) is 10.9 Å². The van der Waals surface area contributed by atoms with E-state index < -0.39 is 11.6 Å². The molecular formula is C25H26ClN5O3. The van der Waals surface area contributed by atoms with Crippen molar-refractivity contribution in [3.8, 4) is 0 Å². The minimum Gasteiger partial charge on any atom is -0.465 e. The van der Waals surface area contributed by atoms with Gasteiger partial charge < -0.3 is 30.5 Å². The Kier molecular flexibility index (Phi) is 7.75. The Morgan fingerprint density at radius 2 is 1.91 bits per heavy atom. The van der Waals surface area contributed by atoms with Gasteiger partial charge in [-0.1, -0.05) is 41.9 Å². The molecule has 0 saturated heterocycles. The number of benzene rings is 1. The van der Waals surface area contributed by atoms with E-state index in [1.54, 1.807) is 39.1 Å². The molecule has 1 aliphatic heterocycles. The van der Waals surface area contributed by atoms with Crippen LogP contribution in [-0.4, -0.2) is 23.0 Å². The molecule has 2 heterocycles. The Labute approximate surface area is 203 Å². The monoisotopic (exact) mass is 479 g/mol. The number of carbonyl (C=O) groups is 1. The summed E-state index contributed by atoms with van der Waals surface area (Å²) in [6, 6.07) is 13.0. The van der Waals surface area contributed by atoms with Crippen molar-refractivity contribution in [1.29, 1.82) is 10.8 Å².